The predicted molar refractivity (Wildman–Crippen MR) is 77.6 cm³/mol. The third-order valence-corrected chi connectivity index (χ3v) is 3.38. The highest BCUT2D eigenvalue weighted by Gasteiger charge is 2.26. The smallest absolute Gasteiger partial charge is 0.330 e. The van der Waals surface area contributed by atoms with Gasteiger partial charge in [-0.1, -0.05) is 52.5 Å². The van der Waals surface area contributed by atoms with Gasteiger partial charge in [-0.15, -0.1) is 0 Å². The Morgan fingerprint density at radius 3 is 2.17 bits per heavy atom. The monoisotopic (exact) mass is 254 g/mol. The van der Waals surface area contributed by atoms with Gasteiger partial charge in [0.05, 0.1) is 0 Å². The number of unbranched alkanes of at least 4 members (excludes halogenated alkanes) is 5. The first-order valence-electron chi connectivity index (χ1n) is 7.43. The lowest BCUT2D eigenvalue weighted by Gasteiger charge is -2.29. The molecule has 1 atom stereocenters. The molecule has 0 fully saturated rings. The van der Waals surface area contributed by atoms with Gasteiger partial charge in [0.2, 0.25) is 0 Å². The van der Waals surface area contributed by atoms with Crippen LogP contribution >= 0.6 is 0 Å². The summed E-state index contributed by atoms with van der Waals surface area (Å²) >= 11 is 0. The van der Waals surface area contributed by atoms with Crippen LogP contribution in [0.15, 0.2) is 12.7 Å². The van der Waals surface area contributed by atoms with Crippen LogP contribution in [0.4, 0.5) is 0 Å². The van der Waals surface area contributed by atoms with Gasteiger partial charge in [-0.3, -0.25) is 0 Å². The van der Waals surface area contributed by atoms with E-state index in [0.29, 0.717) is 0 Å². The number of hydrogen-bond donors (Lipinski definition) is 0. The molecule has 0 amide bonds. The van der Waals surface area contributed by atoms with Crippen LogP contribution < -0.4 is 0 Å². The molecule has 106 valence electrons. The van der Waals surface area contributed by atoms with E-state index in [1.807, 2.05) is 0 Å². The van der Waals surface area contributed by atoms with Crippen molar-refractivity contribution in [2.75, 3.05) is 0 Å². The molecule has 0 aromatic rings. The Labute approximate surface area is 113 Å². The molecule has 0 radical (unpaired) electrons. The molecule has 0 saturated heterocycles. The van der Waals surface area contributed by atoms with Gasteiger partial charge in [0.15, 0.2) is 0 Å². The summed E-state index contributed by atoms with van der Waals surface area (Å²) in [6.07, 6.45) is 11.7. The fraction of sp³-hybridized carbons (Fsp3) is 0.812. The molecule has 18 heavy (non-hydrogen) atoms. The number of carbonyl (C=O) groups excluding carboxylic acids is 1. The molecule has 0 aliphatic carbocycles. The molecule has 0 bridgehead atoms. The van der Waals surface area contributed by atoms with E-state index in [0.717, 1.165) is 32.1 Å². The van der Waals surface area contributed by atoms with E-state index in [9.17, 15) is 4.79 Å². The van der Waals surface area contributed by atoms with Crippen molar-refractivity contribution in [3.8, 4) is 0 Å². The van der Waals surface area contributed by atoms with Crippen molar-refractivity contribution < 1.29 is 9.53 Å². The highest BCUT2D eigenvalue weighted by atomic mass is 16.6. The second-order valence-corrected chi connectivity index (χ2v) is 5.34. The highest BCUT2D eigenvalue weighted by molar-refractivity contribution is 5.81. The summed E-state index contributed by atoms with van der Waals surface area (Å²) in [6, 6.07) is 0. The topological polar surface area (TPSA) is 26.3 Å². The first kappa shape index (κ1) is 17.2. The zero-order chi connectivity index (χ0) is 13.9. The van der Waals surface area contributed by atoms with Gasteiger partial charge < -0.3 is 4.74 Å². The maximum atomic E-state index is 11.4. The van der Waals surface area contributed by atoms with Crippen molar-refractivity contribution in [3.05, 3.63) is 12.7 Å². The van der Waals surface area contributed by atoms with Crippen LogP contribution in [0.5, 0.6) is 0 Å². The summed E-state index contributed by atoms with van der Waals surface area (Å²) in [5.74, 6) is -0.290. The predicted octanol–water partition coefficient (Wildman–Crippen LogP) is 5.03. The lowest BCUT2D eigenvalue weighted by molar-refractivity contribution is -0.153. The maximum absolute atomic E-state index is 11.4. The fourth-order valence-electron chi connectivity index (χ4n) is 2.16. The van der Waals surface area contributed by atoms with Crippen molar-refractivity contribution in [1.29, 1.82) is 0 Å². The lowest BCUT2D eigenvalue weighted by atomic mass is 9.92. The lowest BCUT2D eigenvalue weighted by Crippen LogP contribution is -2.31. The average molecular weight is 254 g/mol. The molecule has 2 nitrogen and oxygen atoms in total. The van der Waals surface area contributed by atoms with Gasteiger partial charge in [-0.25, -0.2) is 4.79 Å². The molecule has 1 unspecified atom stereocenters. The third kappa shape index (κ3) is 8.32. The highest BCUT2D eigenvalue weighted by Crippen LogP contribution is 2.26. The van der Waals surface area contributed by atoms with E-state index >= 15 is 0 Å². The minimum Gasteiger partial charge on any atom is -0.456 e. The summed E-state index contributed by atoms with van der Waals surface area (Å²) in [5.41, 5.74) is -0.298. The maximum Gasteiger partial charge on any atom is 0.330 e. The van der Waals surface area contributed by atoms with Crippen LogP contribution in [0.2, 0.25) is 0 Å². The second-order valence-electron chi connectivity index (χ2n) is 5.34. The summed E-state index contributed by atoms with van der Waals surface area (Å²) in [7, 11) is 0. The van der Waals surface area contributed by atoms with Crippen molar-refractivity contribution in [2.45, 2.75) is 84.2 Å². The van der Waals surface area contributed by atoms with E-state index in [1.54, 1.807) is 0 Å². The average Bonchev–Trinajstić information content (AvgIpc) is 2.36. The van der Waals surface area contributed by atoms with Crippen LogP contribution in [0.1, 0.15) is 78.6 Å². The van der Waals surface area contributed by atoms with Gasteiger partial charge in [0, 0.05) is 6.08 Å². The Balaban J connectivity index is 4.11. The van der Waals surface area contributed by atoms with Crippen molar-refractivity contribution >= 4 is 5.97 Å². The summed E-state index contributed by atoms with van der Waals surface area (Å²) in [6.45, 7) is 9.91. The van der Waals surface area contributed by atoms with E-state index in [1.165, 1.54) is 31.8 Å². The van der Waals surface area contributed by atoms with Crippen LogP contribution in [-0.4, -0.2) is 11.6 Å². The normalized spacial score (nSPS) is 13.9. The number of rotatable bonds is 11. The fourth-order valence-corrected chi connectivity index (χ4v) is 2.16. The first-order valence-corrected chi connectivity index (χ1v) is 7.43. The third-order valence-electron chi connectivity index (χ3n) is 3.38. The molecule has 0 N–H and O–H groups in total. The Morgan fingerprint density at radius 2 is 1.61 bits per heavy atom. The Morgan fingerprint density at radius 1 is 1.06 bits per heavy atom. The molecular formula is C16H30O2. The number of carbonyl (C=O) groups is 1. The van der Waals surface area contributed by atoms with E-state index in [4.69, 9.17) is 4.74 Å². The number of hydrogen-bond acceptors (Lipinski definition) is 2. The molecule has 0 heterocycles. The van der Waals surface area contributed by atoms with Crippen LogP contribution in [0, 0.1) is 0 Å². The summed E-state index contributed by atoms with van der Waals surface area (Å²) in [5, 5.41) is 0. The second kappa shape index (κ2) is 10.2. The van der Waals surface area contributed by atoms with Gasteiger partial charge in [0.1, 0.15) is 5.60 Å². The quantitative estimate of drug-likeness (QED) is 0.294. The first-order chi connectivity index (χ1) is 8.58. The zero-order valence-electron chi connectivity index (χ0n) is 12.5. The summed E-state index contributed by atoms with van der Waals surface area (Å²) < 4.78 is 5.54. The van der Waals surface area contributed by atoms with Gasteiger partial charge >= 0.3 is 5.97 Å². The zero-order valence-corrected chi connectivity index (χ0v) is 12.5. The molecule has 0 spiro atoms. The molecular weight excluding hydrogens is 224 g/mol. The van der Waals surface area contributed by atoms with E-state index < -0.39 is 0 Å². The largest absolute Gasteiger partial charge is 0.456 e. The number of esters is 1. The molecule has 0 rings (SSSR count). The SMILES string of the molecule is C=CC(=O)OC(C)(CCCC)CCCCCCC. The van der Waals surface area contributed by atoms with Gasteiger partial charge in [-0.2, -0.15) is 0 Å². The molecule has 0 aromatic heterocycles. The van der Waals surface area contributed by atoms with Crippen LogP contribution in [0.3, 0.4) is 0 Å². The minimum atomic E-state index is -0.298. The molecule has 0 aromatic carbocycles. The molecule has 0 aliphatic rings. The molecule has 0 aliphatic heterocycles. The van der Waals surface area contributed by atoms with Gasteiger partial charge in [0.25, 0.3) is 0 Å². The molecule has 0 saturated carbocycles. The van der Waals surface area contributed by atoms with E-state index in [2.05, 4.69) is 27.4 Å². The number of ether oxygens (including phenoxy) is 1. The minimum absolute atomic E-state index is 0.290. The standard InChI is InChI=1S/C16H30O2/c1-5-8-10-11-12-14-16(4,13-9-6-2)18-15(17)7-3/h7H,3,5-6,8-14H2,1-2,4H3. The van der Waals surface area contributed by atoms with Crippen molar-refractivity contribution in [1.82, 2.24) is 0 Å². The van der Waals surface area contributed by atoms with Gasteiger partial charge in [-0.05, 0) is 32.6 Å². The van der Waals surface area contributed by atoms with Crippen LogP contribution in [0.25, 0.3) is 0 Å². The van der Waals surface area contributed by atoms with Crippen LogP contribution in [-0.2, 0) is 9.53 Å². The Kier molecular flexibility index (Phi) is 9.72. The Bertz CT molecular complexity index is 235. The Hall–Kier alpha value is -0.790. The summed E-state index contributed by atoms with van der Waals surface area (Å²) in [4.78, 5) is 11.4. The van der Waals surface area contributed by atoms with Crippen molar-refractivity contribution in [2.24, 2.45) is 0 Å². The van der Waals surface area contributed by atoms with E-state index in [-0.39, 0.29) is 11.6 Å². The van der Waals surface area contributed by atoms with Crippen molar-refractivity contribution in [3.63, 3.8) is 0 Å². The molecule has 2 heteroatoms.